The number of rotatable bonds is 5. The third-order valence-electron chi connectivity index (χ3n) is 5.17. The molecule has 1 aliphatic rings. The van der Waals surface area contributed by atoms with E-state index in [0.29, 0.717) is 18.5 Å². The Morgan fingerprint density at radius 2 is 1.74 bits per heavy atom. The summed E-state index contributed by atoms with van der Waals surface area (Å²) in [5, 5.41) is 9.76. The van der Waals surface area contributed by atoms with Crippen molar-refractivity contribution in [1.29, 1.82) is 0 Å². The van der Waals surface area contributed by atoms with Crippen LogP contribution in [-0.4, -0.2) is 51.3 Å². The number of pyridine rings is 1. The van der Waals surface area contributed by atoms with E-state index in [1.807, 2.05) is 42.6 Å². The predicted octanol–water partition coefficient (Wildman–Crippen LogP) is 1.89. The Hall–Kier alpha value is -3.47. The van der Waals surface area contributed by atoms with Gasteiger partial charge in [-0.1, -0.05) is 24.0 Å². The van der Waals surface area contributed by atoms with Crippen LogP contribution in [0.3, 0.4) is 0 Å². The molecular weight excluding hydrogens is 392 g/mol. The zero-order valence-electron chi connectivity index (χ0n) is 17.2. The van der Waals surface area contributed by atoms with Crippen LogP contribution < -0.4 is 5.56 Å². The summed E-state index contributed by atoms with van der Waals surface area (Å²) in [5.74, 6) is 6.01. The lowest BCUT2D eigenvalue weighted by atomic mass is 10.1. The average molecular weight is 416 g/mol. The molecular formula is C24H24N4O3. The quantitative estimate of drug-likeness (QED) is 0.618. The monoisotopic (exact) mass is 416 g/mol. The summed E-state index contributed by atoms with van der Waals surface area (Å²) >= 11 is 0. The molecule has 0 aliphatic carbocycles. The van der Waals surface area contributed by atoms with Crippen LogP contribution in [0.1, 0.15) is 28.1 Å². The largest absolute Gasteiger partial charge is 0.502 e. The smallest absolute Gasteiger partial charge is 0.293 e. The molecule has 7 nitrogen and oxygen atoms in total. The average Bonchev–Trinajstić information content (AvgIpc) is 2.81. The Morgan fingerprint density at radius 3 is 2.48 bits per heavy atom. The maximum Gasteiger partial charge on any atom is 0.293 e. The normalized spacial score (nSPS) is 14.1. The lowest BCUT2D eigenvalue weighted by molar-refractivity contribution is 0.0336. The number of aromatic nitrogens is 3. The fourth-order valence-electron chi connectivity index (χ4n) is 3.35. The Bertz CT molecular complexity index is 1120. The highest BCUT2D eigenvalue weighted by Gasteiger charge is 2.11. The zero-order valence-corrected chi connectivity index (χ0v) is 17.2. The third kappa shape index (κ3) is 5.79. The summed E-state index contributed by atoms with van der Waals surface area (Å²) in [5.41, 5.74) is 3.80. The summed E-state index contributed by atoms with van der Waals surface area (Å²) in [6.07, 6.45) is 4.29. The summed E-state index contributed by atoms with van der Waals surface area (Å²) < 4.78 is 5.37. The van der Waals surface area contributed by atoms with E-state index in [1.54, 1.807) is 0 Å². The maximum absolute atomic E-state index is 11.4. The Morgan fingerprint density at radius 1 is 1.00 bits per heavy atom. The summed E-state index contributed by atoms with van der Waals surface area (Å²) in [7, 11) is 0. The van der Waals surface area contributed by atoms with E-state index >= 15 is 0 Å². The minimum Gasteiger partial charge on any atom is -0.502 e. The molecule has 1 aromatic carbocycles. The van der Waals surface area contributed by atoms with Crippen molar-refractivity contribution in [3.05, 3.63) is 87.4 Å². The number of morpholine rings is 1. The van der Waals surface area contributed by atoms with Gasteiger partial charge in [0.1, 0.15) is 0 Å². The number of aromatic amines is 1. The van der Waals surface area contributed by atoms with Gasteiger partial charge in [0.15, 0.2) is 0 Å². The van der Waals surface area contributed by atoms with Gasteiger partial charge in [0.05, 0.1) is 30.9 Å². The van der Waals surface area contributed by atoms with Crippen molar-refractivity contribution in [2.24, 2.45) is 0 Å². The number of ether oxygens (including phenoxy) is 1. The number of aryl methyl sites for hydroxylation is 2. The first-order valence-electron chi connectivity index (χ1n) is 10.3. The molecule has 3 aromatic rings. The van der Waals surface area contributed by atoms with E-state index in [1.165, 1.54) is 6.33 Å². The van der Waals surface area contributed by atoms with Gasteiger partial charge >= 0.3 is 0 Å². The topological polar surface area (TPSA) is 91.3 Å². The first kappa shape index (κ1) is 20.8. The highest BCUT2D eigenvalue weighted by atomic mass is 16.5. The van der Waals surface area contributed by atoms with Gasteiger partial charge in [0, 0.05) is 37.0 Å². The number of benzene rings is 1. The molecule has 4 rings (SSSR count). The van der Waals surface area contributed by atoms with E-state index in [2.05, 4.69) is 31.7 Å². The van der Waals surface area contributed by atoms with Crippen LogP contribution in [0.4, 0.5) is 0 Å². The van der Waals surface area contributed by atoms with E-state index in [-0.39, 0.29) is 5.75 Å². The molecule has 0 bridgehead atoms. The molecule has 2 aromatic heterocycles. The second-order valence-electron chi connectivity index (χ2n) is 7.40. The van der Waals surface area contributed by atoms with Gasteiger partial charge < -0.3 is 14.8 Å². The lowest BCUT2D eigenvalue weighted by Crippen LogP contribution is -2.35. The van der Waals surface area contributed by atoms with E-state index in [9.17, 15) is 9.90 Å². The molecule has 0 unspecified atom stereocenters. The minimum absolute atomic E-state index is 0.311. The number of nitrogens with zero attached hydrogens (tertiary/aromatic N) is 3. The standard InChI is InChI=1S/C24H24N4O3/c29-23-22(26-17-27-24(23)30)10-8-19-3-1-18(2-4-19)5-6-20-7-9-21(25-15-20)16-28-11-13-31-14-12-28/h1-4,7,9,15,17,29H,8,10-14,16H2,(H,26,27,30). The van der Waals surface area contributed by atoms with Gasteiger partial charge in [0.2, 0.25) is 5.75 Å². The first-order valence-corrected chi connectivity index (χ1v) is 10.3. The summed E-state index contributed by atoms with van der Waals surface area (Å²) in [6, 6.07) is 12.0. The molecule has 1 aliphatic heterocycles. The molecule has 3 heterocycles. The van der Waals surface area contributed by atoms with Crippen LogP contribution >= 0.6 is 0 Å². The third-order valence-corrected chi connectivity index (χ3v) is 5.17. The molecule has 158 valence electrons. The maximum atomic E-state index is 11.4. The van der Waals surface area contributed by atoms with Gasteiger partial charge in [-0.3, -0.25) is 14.7 Å². The van der Waals surface area contributed by atoms with Crippen LogP contribution in [0.5, 0.6) is 5.75 Å². The number of H-pyrrole nitrogens is 1. The summed E-state index contributed by atoms with van der Waals surface area (Å²) in [4.78, 5) is 24.7. The van der Waals surface area contributed by atoms with Crippen molar-refractivity contribution in [2.75, 3.05) is 26.3 Å². The Kier molecular flexibility index (Phi) is 6.72. The molecule has 0 radical (unpaired) electrons. The number of aromatic hydroxyl groups is 1. The second-order valence-corrected chi connectivity index (χ2v) is 7.40. The lowest BCUT2D eigenvalue weighted by Gasteiger charge is -2.26. The zero-order chi connectivity index (χ0) is 21.5. The fourth-order valence-corrected chi connectivity index (χ4v) is 3.35. The van der Waals surface area contributed by atoms with Crippen LogP contribution in [0.2, 0.25) is 0 Å². The number of nitrogens with one attached hydrogen (secondary N) is 1. The van der Waals surface area contributed by atoms with Gasteiger partial charge in [-0.2, -0.15) is 0 Å². The molecule has 1 saturated heterocycles. The van der Waals surface area contributed by atoms with E-state index in [0.717, 1.165) is 55.2 Å². The van der Waals surface area contributed by atoms with Crippen molar-refractivity contribution in [3.63, 3.8) is 0 Å². The molecule has 31 heavy (non-hydrogen) atoms. The van der Waals surface area contributed by atoms with Gasteiger partial charge in [-0.25, -0.2) is 4.98 Å². The van der Waals surface area contributed by atoms with Crippen molar-refractivity contribution in [1.82, 2.24) is 19.9 Å². The predicted molar refractivity (Wildman–Crippen MR) is 117 cm³/mol. The van der Waals surface area contributed by atoms with Crippen molar-refractivity contribution in [3.8, 4) is 17.6 Å². The molecule has 0 amide bonds. The fraction of sp³-hybridized carbons (Fsp3) is 0.292. The number of hydrogen-bond donors (Lipinski definition) is 2. The molecule has 1 fully saturated rings. The van der Waals surface area contributed by atoms with Crippen LogP contribution in [0, 0.1) is 11.8 Å². The van der Waals surface area contributed by atoms with Gasteiger partial charge in [0.25, 0.3) is 5.56 Å². The first-order chi connectivity index (χ1) is 15.2. The van der Waals surface area contributed by atoms with E-state index < -0.39 is 5.56 Å². The number of hydrogen-bond acceptors (Lipinski definition) is 6. The Balaban J connectivity index is 1.33. The van der Waals surface area contributed by atoms with Crippen LogP contribution in [-0.2, 0) is 24.1 Å². The molecule has 7 heteroatoms. The molecule has 2 N–H and O–H groups in total. The van der Waals surface area contributed by atoms with Crippen molar-refractivity contribution < 1.29 is 9.84 Å². The molecule has 0 atom stereocenters. The SMILES string of the molecule is O=c1[nH]cnc(CCc2ccc(C#Cc3ccc(CN4CCOCC4)nc3)cc2)c1O. The Labute approximate surface area is 180 Å². The molecule has 0 spiro atoms. The highest BCUT2D eigenvalue weighted by Crippen LogP contribution is 2.12. The highest BCUT2D eigenvalue weighted by molar-refractivity contribution is 5.43. The van der Waals surface area contributed by atoms with Gasteiger partial charge in [-0.05, 0) is 42.7 Å². The minimum atomic E-state index is -0.515. The molecule has 0 saturated carbocycles. The van der Waals surface area contributed by atoms with Crippen molar-refractivity contribution in [2.45, 2.75) is 19.4 Å². The van der Waals surface area contributed by atoms with Crippen LogP contribution in [0.15, 0.2) is 53.7 Å². The second kappa shape index (κ2) is 10.0. The summed E-state index contributed by atoms with van der Waals surface area (Å²) in [6.45, 7) is 4.30. The van der Waals surface area contributed by atoms with Crippen molar-refractivity contribution >= 4 is 0 Å². The van der Waals surface area contributed by atoms with Crippen LogP contribution in [0.25, 0.3) is 0 Å². The van der Waals surface area contributed by atoms with Gasteiger partial charge in [-0.15, -0.1) is 0 Å². The van der Waals surface area contributed by atoms with E-state index in [4.69, 9.17) is 4.74 Å².